The van der Waals surface area contributed by atoms with Gasteiger partial charge in [0, 0.05) is 36.7 Å². The van der Waals surface area contributed by atoms with Gasteiger partial charge in [0.05, 0.1) is 17.0 Å². The number of carbonyl (C=O) groups excluding carboxylic acids is 1. The highest BCUT2D eigenvalue weighted by atomic mass is 16.5. The number of likely N-dealkylation sites (tertiary alicyclic amines) is 1. The van der Waals surface area contributed by atoms with Crippen LogP contribution in [0.15, 0.2) is 16.8 Å². The lowest BCUT2D eigenvalue weighted by atomic mass is 9.88. The third-order valence-electron chi connectivity index (χ3n) is 4.57. The van der Waals surface area contributed by atoms with Gasteiger partial charge in [-0.15, -0.1) is 0 Å². The van der Waals surface area contributed by atoms with Crippen LogP contribution < -0.4 is 0 Å². The Bertz CT molecular complexity index is 776. The second-order valence-corrected chi connectivity index (χ2v) is 7.89. The number of rotatable bonds is 2. The third kappa shape index (κ3) is 3.72. The highest BCUT2D eigenvalue weighted by Crippen LogP contribution is 2.34. The van der Waals surface area contributed by atoms with E-state index in [4.69, 9.17) is 9.51 Å². The van der Waals surface area contributed by atoms with Gasteiger partial charge in [0.1, 0.15) is 5.82 Å². The number of aromatic nitrogens is 3. The highest BCUT2D eigenvalue weighted by Gasteiger charge is 2.33. The van der Waals surface area contributed by atoms with Crippen molar-refractivity contribution in [3.05, 3.63) is 29.5 Å². The molecule has 25 heavy (non-hydrogen) atoms. The summed E-state index contributed by atoms with van der Waals surface area (Å²) in [4.78, 5) is 23.7. The van der Waals surface area contributed by atoms with E-state index in [-0.39, 0.29) is 17.2 Å². The Kier molecular flexibility index (Phi) is 4.62. The molecule has 0 radical (unpaired) electrons. The summed E-state index contributed by atoms with van der Waals surface area (Å²) in [6, 6.07) is 1.90. The summed E-state index contributed by atoms with van der Waals surface area (Å²) in [6.07, 6.45) is 3.79. The summed E-state index contributed by atoms with van der Waals surface area (Å²) >= 11 is 0. The van der Waals surface area contributed by atoms with Gasteiger partial charge in [-0.3, -0.25) is 4.79 Å². The molecule has 2 aromatic rings. The summed E-state index contributed by atoms with van der Waals surface area (Å²) in [5, 5.41) is 3.98. The molecule has 0 saturated carbocycles. The lowest BCUT2D eigenvalue weighted by molar-refractivity contribution is -0.140. The van der Waals surface area contributed by atoms with Gasteiger partial charge in [-0.25, -0.2) is 9.97 Å². The molecule has 6 nitrogen and oxygen atoms in total. The van der Waals surface area contributed by atoms with Crippen molar-refractivity contribution in [1.29, 1.82) is 0 Å². The molecular weight excluding hydrogens is 316 g/mol. The van der Waals surface area contributed by atoms with Crippen LogP contribution in [0.5, 0.6) is 0 Å². The van der Waals surface area contributed by atoms with E-state index < -0.39 is 0 Å². The predicted molar refractivity (Wildman–Crippen MR) is 95.0 cm³/mol. The molecule has 1 atom stereocenters. The molecule has 3 rings (SSSR count). The van der Waals surface area contributed by atoms with Crippen molar-refractivity contribution in [3.63, 3.8) is 0 Å². The molecule has 0 unspecified atom stereocenters. The van der Waals surface area contributed by atoms with Crippen LogP contribution in [-0.2, 0) is 4.79 Å². The number of carbonyl (C=O) groups is 1. The lowest BCUT2D eigenvalue weighted by Crippen LogP contribution is -2.44. The first-order chi connectivity index (χ1) is 11.8. The smallest absolute Gasteiger partial charge is 0.227 e. The van der Waals surface area contributed by atoms with Crippen LogP contribution in [0.4, 0.5) is 0 Å². The minimum Gasteiger partial charge on any atom is -0.356 e. The molecule has 1 saturated heterocycles. The normalized spacial score (nSPS) is 18.4. The van der Waals surface area contributed by atoms with Gasteiger partial charge in [-0.2, -0.15) is 0 Å². The van der Waals surface area contributed by atoms with E-state index in [0.717, 1.165) is 42.2 Å². The molecule has 0 aromatic carbocycles. The van der Waals surface area contributed by atoms with Crippen LogP contribution in [0.1, 0.15) is 56.7 Å². The Hall–Kier alpha value is -2.24. The maximum Gasteiger partial charge on any atom is 0.227 e. The SMILES string of the molecule is Cc1cc(-c2cnc(C)nc2[C@@H]2CCCN(C(=O)C(C)(C)C)C2)on1. The zero-order valence-electron chi connectivity index (χ0n) is 15.7. The number of aryl methyl sites for hydroxylation is 2. The lowest BCUT2D eigenvalue weighted by Gasteiger charge is -2.36. The monoisotopic (exact) mass is 342 g/mol. The Morgan fingerprint density at radius 2 is 2.08 bits per heavy atom. The fraction of sp³-hybridized carbons (Fsp3) is 0.579. The van der Waals surface area contributed by atoms with Gasteiger partial charge < -0.3 is 9.42 Å². The topological polar surface area (TPSA) is 72.1 Å². The van der Waals surface area contributed by atoms with E-state index >= 15 is 0 Å². The fourth-order valence-electron chi connectivity index (χ4n) is 3.34. The summed E-state index contributed by atoms with van der Waals surface area (Å²) in [5.74, 6) is 1.79. The minimum absolute atomic E-state index is 0.183. The number of hydrogen-bond acceptors (Lipinski definition) is 5. The van der Waals surface area contributed by atoms with Crippen LogP contribution in [0.3, 0.4) is 0 Å². The average Bonchev–Trinajstić information content (AvgIpc) is 2.99. The van der Waals surface area contributed by atoms with Crippen molar-refractivity contribution in [1.82, 2.24) is 20.0 Å². The molecular formula is C19H26N4O2. The van der Waals surface area contributed by atoms with Crippen LogP contribution in [0, 0.1) is 19.3 Å². The Morgan fingerprint density at radius 3 is 2.72 bits per heavy atom. The molecule has 0 aliphatic carbocycles. The molecule has 1 aliphatic rings. The quantitative estimate of drug-likeness (QED) is 0.835. The van der Waals surface area contributed by atoms with Crippen molar-refractivity contribution in [2.45, 2.75) is 53.4 Å². The zero-order valence-corrected chi connectivity index (χ0v) is 15.7. The first-order valence-corrected chi connectivity index (χ1v) is 8.82. The third-order valence-corrected chi connectivity index (χ3v) is 4.57. The van der Waals surface area contributed by atoms with Gasteiger partial charge in [0.2, 0.25) is 5.91 Å². The second kappa shape index (κ2) is 6.58. The van der Waals surface area contributed by atoms with Gasteiger partial charge in [-0.05, 0) is 26.7 Å². The Labute approximate surface area is 148 Å². The number of nitrogens with zero attached hydrogens (tertiary/aromatic N) is 4. The highest BCUT2D eigenvalue weighted by molar-refractivity contribution is 5.81. The van der Waals surface area contributed by atoms with E-state index in [1.807, 2.05) is 51.8 Å². The van der Waals surface area contributed by atoms with Crippen molar-refractivity contribution in [3.8, 4) is 11.3 Å². The molecule has 3 heterocycles. The molecule has 0 spiro atoms. The van der Waals surface area contributed by atoms with E-state index in [2.05, 4.69) is 10.1 Å². The van der Waals surface area contributed by atoms with Crippen molar-refractivity contribution in [2.75, 3.05) is 13.1 Å². The van der Waals surface area contributed by atoms with Gasteiger partial charge in [0.25, 0.3) is 0 Å². The summed E-state index contributed by atoms with van der Waals surface area (Å²) in [6.45, 7) is 11.2. The maximum absolute atomic E-state index is 12.7. The minimum atomic E-state index is -0.367. The van der Waals surface area contributed by atoms with Crippen molar-refractivity contribution >= 4 is 5.91 Å². The molecule has 134 valence electrons. The molecule has 6 heteroatoms. The molecule has 2 aromatic heterocycles. The van der Waals surface area contributed by atoms with E-state index in [0.29, 0.717) is 12.3 Å². The number of hydrogen-bond donors (Lipinski definition) is 0. The molecule has 1 aliphatic heterocycles. The maximum atomic E-state index is 12.7. The molecule has 1 amide bonds. The molecule has 0 bridgehead atoms. The van der Waals surface area contributed by atoms with Crippen LogP contribution in [0.25, 0.3) is 11.3 Å². The van der Waals surface area contributed by atoms with Gasteiger partial charge in [-0.1, -0.05) is 25.9 Å². The molecule has 1 fully saturated rings. The summed E-state index contributed by atoms with van der Waals surface area (Å²) < 4.78 is 5.44. The van der Waals surface area contributed by atoms with Crippen LogP contribution >= 0.6 is 0 Å². The zero-order chi connectivity index (χ0) is 18.2. The van der Waals surface area contributed by atoms with E-state index in [1.54, 1.807) is 0 Å². The summed E-state index contributed by atoms with van der Waals surface area (Å²) in [5.41, 5.74) is 2.29. The predicted octanol–water partition coefficient (Wildman–Crippen LogP) is 3.50. The van der Waals surface area contributed by atoms with Crippen LogP contribution in [-0.4, -0.2) is 39.0 Å². The van der Waals surface area contributed by atoms with Crippen molar-refractivity contribution < 1.29 is 9.32 Å². The Morgan fingerprint density at radius 1 is 1.32 bits per heavy atom. The Balaban J connectivity index is 1.93. The fourth-order valence-corrected chi connectivity index (χ4v) is 3.34. The van der Waals surface area contributed by atoms with Crippen molar-refractivity contribution in [2.24, 2.45) is 5.41 Å². The summed E-state index contributed by atoms with van der Waals surface area (Å²) in [7, 11) is 0. The second-order valence-electron chi connectivity index (χ2n) is 7.89. The first-order valence-electron chi connectivity index (χ1n) is 8.82. The average molecular weight is 342 g/mol. The van der Waals surface area contributed by atoms with E-state index in [1.165, 1.54) is 0 Å². The first kappa shape index (κ1) is 17.6. The van der Waals surface area contributed by atoms with Crippen LogP contribution in [0.2, 0.25) is 0 Å². The largest absolute Gasteiger partial charge is 0.356 e. The number of piperidine rings is 1. The van der Waals surface area contributed by atoms with Gasteiger partial charge in [0.15, 0.2) is 5.76 Å². The van der Waals surface area contributed by atoms with Gasteiger partial charge >= 0.3 is 0 Å². The standard InChI is InChI=1S/C19H26N4O2/c1-12-9-16(25-22-12)15-10-20-13(2)21-17(15)14-7-6-8-23(11-14)18(24)19(3,4)5/h9-10,14H,6-8,11H2,1-5H3/t14-/m1/s1. The molecule has 0 N–H and O–H groups in total. The van der Waals surface area contributed by atoms with E-state index in [9.17, 15) is 4.79 Å². The number of amides is 1.